The second-order valence-corrected chi connectivity index (χ2v) is 8.40. The van der Waals surface area contributed by atoms with E-state index in [0.29, 0.717) is 22.7 Å². The predicted molar refractivity (Wildman–Crippen MR) is 131 cm³/mol. The van der Waals surface area contributed by atoms with E-state index in [1.54, 1.807) is 25.1 Å². The minimum Gasteiger partial charge on any atom is -0.493 e. The normalized spacial score (nSPS) is 15.5. The maximum atomic E-state index is 13.5. The zero-order chi connectivity index (χ0) is 25.1. The number of halogens is 1. The molecule has 0 radical (unpaired) electrons. The van der Waals surface area contributed by atoms with Gasteiger partial charge in [-0.3, -0.25) is 14.4 Å². The summed E-state index contributed by atoms with van der Waals surface area (Å²) >= 11 is 0. The zero-order valence-electron chi connectivity index (χ0n) is 19.5. The monoisotopic (exact) mass is 475 g/mol. The second-order valence-electron chi connectivity index (χ2n) is 8.40. The maximum absolute atomic E-state index is 13.5. The molecular formula is C27H26FN3O4. The van der Waals surface area contributed by atoms with Crippen LogP contribution in [0.1, 0.15) is 31.7 Å². The summed E-state index contributed by atoms with van der Waals surface area (Å²) < 4.78 is 18.4. The highest BCUT2D eigenvalue weighted by Gasteiger charge is 2.37. The van der Waals surface area contributed by atoms with Gasteiger partial charge in [-0.05, 0) is 61.4 Å². The quantitative estimate of drug-likeness (QED) is 0.525. The van der Waals surface area contributed by atoms with E-state index in [2.05, 4.69) is 5.32 Å². The third-order valence-corrected chi connectivity index (χ3v) is 5.98. The van der Waals surface area contributed by atoms with Gasteiger partial charge in [-0.15, -0.1) is 0 Å². The number of hydrogen-bond acceptors (Lipinski definition) is 5. The number of amides is 3. The van der Waals surface area contributed by atoms with E-state index in [4.69, 9.17) is 10.5 Å². The summed E-state index contributed by atoms with van der Waals surface area (Å²) in [5, 5.41) is 2.64. The number of carbonyl (C=O) groups is 3. The first kappa shape index (κ1) is 23.9. The molecule has 0 saturated heterocycles. The van der Waals surface area contributed by atoms with Crippen LogP contribution < -0.4 is 20.7 Å². The van der Waals surface area contributed by atoms with E-state index in [0.717, 1.165) is 16.0 Å². The molecule has 3 amide bonds. The van der Waals surface area contributed by atoms with Crippen LogP contribution in [0.2, 0.25) is 0 Å². The molecule has 0 bridgehead atoms. The molecular weight excluding hydrogens is 449 g/mol. The van der Waals surface area contributed by atoms with E-state index in [1.165, 1.54) is 31.2 Å². The van der Waals surface area contributed by atoms with Gasteiger partial charge < -0.3 is 15.8 Å². The van der Waals surface area contributed by atoms with Crippen LogP contribution in [-0.2, 0) is 14.4 Å². The minimum absolute atomic E-state index is 0.0195. The number of imide groups is 1. The van der Waals surface area contributed by atoms with Crippen LogP contribution in [0.4, 0.5) is 15.8 Å². The Bertz CT molecular complexity index is 1280. The maximum Gasteiger partial charge on any atom is 0.256 e. The molecule has 0 fully saturated rings. The molecule has 1 aliphatic rings. The van der Waals surface area contributed by atoms with Crippen molar-refractivity contribution in [2.24, 2.45) is 0 Å². The lowest BCUT2D eigenvalue weighted by molar-refractivity contribution is -0.131. The van der Waals surface area contributed by atoms with Gasteiger partial charge in [0, 0.05) is 11.3 Å². The Labute approximate surface area is 202 Å². The number of hydrogen-bond donors (Lipinski definition) is 2. The Kier molecular flexibility index (Phi) is 6.82. The Morgan fingerprint density at radius 3 is 2.54 bits per heavy atom. The number of anilines is 2. The fourth-order valence-corrected chi connectivity index (χ4v) is 4.17. The highest BCUT2D eigenvalue weighted by atomic mass is 19.1. The average molecular weight is 476 g/mol. The smallest absolute Gasteiger partial charge is 0.256 e. The summed E-state index contributed by atoms with van der Waals surface area (Å²) in [5.74, 6) is -1.91. The molecule has 2 atom stereocenters. The van der Waals surface area contributed by atoms with Crippen LogP contribution in [0.15, 0.2) is 66.7 Å². The number of nitrogen functional groups attached to an aromatic ring is 1. The highest BCUT2D eigenvalue weighted by Crippen LogP contribution is 2.44. The SMILES string of the molecule is CC1C(=O)N(C(=O)[C@H](C)NC(=O)CCOc2ccc(F)cc2)c2cccc(N)c2-c2ccccc21. The fourth-order valence-electron chi connectivity index (χ4n) is 4.17. The Hall–Kier alpha value is -4.20. The highest BCUT2D eigenvalue weighted by molar-refractivity contribution is 6.22. The predicted octanol–water partition coefficient (Wildman–Crippen LogP) is 4.03. The van der Waals surface area contributed by atoms with Crippen LogP contribution in [-0.4, -0.2) is 30.4 Å². The Morgan fingerprint density at radius 2 is 1.80 bits per heavy atom. The summed E-state index contributed by atoms with van der Waals surface area (Å²) in [6.45, 7) is 3.33. The molecule has 35 heavy (non-hydrogen) atoms. The molecule has 0 aromatic heterocycles. The first-order chi connectivity index (χ1) is 16.8. The van der Waals surface area contributed by atoms with Gasteiger partial charge in [0.2, 0.25) is 11.8 Å². The lowest BCUT2D eigenvalue weighted by Gasteiger charge is -2.26. The number of nitrogens with one attached hydrogen (secondary N) is 1. The number of nitrogens with zero attached hydrogens (tertiary/aromatic N) is 1. The van der Waals surface area contributed by atoms with E-state index >= 15 is 0 Å². The zero-order valence-corrected chi connectivity index (χ0v) is 19.5. The van der Waals surface area contributed by atoms with Crippen molar-refractivity contribution in [1.29, 1.82) is 0 Å². The van der Waals surface area contributed by atoms with Gasteiger partial charge >= 0.3 is 0 Å². The van der Waals surface area contributed by atoms with Gasteiger partial charge in [0.05, 0.1) is 24.6 Å². The van der Waals surface area contributed by atoms with Crippen molar-refractivity contribution in [3.05, 3.63) is 78.1 Å². The lowest BCUT2D eigenvalue weighted by atomic mass is 9.92. The van der Waals surface area contributed by atoms with Crippen LogP contribution in [0, 0.1) is 5.82 Å². The molecule has 8 heteroatoms. The van der Waals surface area contributed by atoms with Crippen LogP contribution in [0.3, 0.4) is 0 Å². The number of rotatable bonds is 6. The van der Waals surface area contributed by atoms with Gasteiger partial charge in [0.1, 0.15) is 17.6 Å². The van der Waals surface area contributed by atoms with Gasteiger partial charge in [0.25, 0.3) is 5.91 Å². The standard InChI is InChI=1S/C27H26FN3O4/c1-16-20-6-3-4-7-21(20)25-22(29)8-5-9-23(25)31(26(16)33)27(34)17(2)30-24(32)14-15-35-19-12-10-18(28)11-13-19/h3-13,16-17H,14-15,29H2,1-2H3,(H,30,32)/t16?,17-/m0/s1. The molecule has 0 saturated carbocycles. The third-order valence-electron chi connectivity index (χ3n) is 5.98. The molecule has 3 aromatic carbocycles. The first-order valence-corrected chi connectivity index (χ1v) is 11.3. The van der Waals surface area contributed by atoms with E-state index in [9.17, 15) is 18.8 Å². The van der Waals surface area contributed by atoms with Crippen LogP contribution >= 0.6 is 0 Å². The first-order valence-electron chi connectivity index (χ1n) is 11.3. The Morgan fingerprint density at radius 1 is 1.09 bits per heavy atom. The number of fused-ring (bicyclic) bond motifs is 3. The van der Waals surface area contributed by atoms with Crippen molar-refractivity contribution < 1.29 is 23.5 Å². The summed E-state index contributed by atoms with van der Waals surface area (Å²) in [6.07, 6.45) is -0.0195. The van der Waals surface area contributed by atoms with Crippen molar-refractivity contribution in [1.82, 2.24) is 5.32 Å². The van der Waals surface area contributed by atoms with Crippen molar-refractivity contribution in [3.8, 4) is 16.9 Å². The van der Waals surface area contributed by atoms with E-state index in [1.807, 2.05) is 24.3 Å². The molecule has 3 N–H and O–H groups in total. The molecule has 180 valence electrons. The topological polar surface area (TPSA) is 102 Å². The molecule has 0 aliphatic carbocycles. The van der Waals surface area contributed by atoms with E-state index < -0.39 is 29.7 Å². The fraction of sp³-hybridized carbons (Fsp3) is 0.222. The summed E-state index contributed by atoms with van der Waals surface area (Å²) in [5.41, 5.74) is 9.32. The van der Waals surface area contributed by atoms with Crippen molar-refractivity contribution >= 4 is 29.1 Å². The number of ether oxygens (including phenoxy) is 1. The second kappa shape index (κ2) is 9.97. The largest absolute Gasteiger partial charge is 0.493 e. The van der Waals surface area contributed by atoms with Crippen molar-refractivity contribution in [2.45, 2.75) is 32.2 Å². The average Bonchev–Trinajstić information content (AvgIpc) is 2.93. The number of benzene rings is 3. The van der Waals surface area contributed by atoms with Crippen molar-refractivity contribution in [2.75, 3.05) is 17.2 Å². The van der Waals surface area contributed by atoms with Gasteiger partial charge in [-0.2, -0.15) is 0 Å². The Balaban J connectivity index is 1.51. The number of nitrogens with two attached hydrogens (primary N) is 1. The number of carbonyl (C=O) groups excluding carboxylic acids is 3. The van der Waals surface area contributed by atoms with Gasteiger partial charge in [-0.25, -0.2) is 9.29 Å². The molecule has 7 nitrogen and oxygen atoms in total. The minimum atomic E-state index is -0.972. The van der Waals surface area contributed by atoms with E-state index in [-0.39, 0.29) is 18.8 Å². The molecule has 3 aromatic rings. The molecule has 0 spiro atoms. The summed E-state index contributed by atoms with van der Waals surface area (Å²) in [4.78, 5) is 40.5. The van der Waals surface area contributed by atoms with Gasteiger partial charge in [0.15, 0.2) is 0 Å². The van der Waals surface area contributed by atoms with Gasteiger partial charge in [-0.1, -0.05) is 30.3 Å². The summed E-state index contributed by atoms with van der Waals surface area (Å²) in [7, 11) is 0. The molecule has 1 heterocycles. The molecule has 1 aliphatic heterocycles. The summed E-state index contributed by atoms with van der Waals surface area (Å²) in [6, 6.07) is 17.0. The van der Waals surface area contributed by atoms with Crippen molar-refractivity contribution in [3.63, 3.8) is 0 Å². The molecule has 4 rings (SSSR count). The molecule has 1 unspecified atom stereocenters. The van der Waals surface area contributed by atoms with Crippen LogP contribution in [0.25, 0.3) is 11.1 Å². The van der Waals surface area contributed by atoms with Crippen LogP contribution in [0.5, 0.6) is 5.75 Å². The lowest BCUT2D eigenvalue weighted by Crippen LogP contribution is -2.50. The third kappa shape index (κ3) is 4.87.